The second kappa shape index (κ2) is 10.9. The molecule has 0 unspecified atom stereocenters. The van der Waals surface area contributed by atoms with Crippen LogP contribution in [0.1, 0.15) is 18.4 Å². The van der Waals surface area contributed by atoms with Gasteiger partial charge in [0, 0.05) is 11.8 Å². The van der Waals surface area contributed by atoms with E-state index in [1.165, 1.54) is 19.2 Å². The molecule has 2 amide bonds. The fraction of sp³-hybridized carbons (Fsp3) is 0.300. The van der Waals surface area contributed by atoms with E-state index in [0.29, 0.717) is 23.5 Å². The number of methoxy groups -OCH3 is 1. The highest BCUT2D eigenvalue weighted by Crippen LogP contribution is 2.27. The van der Waals surface area contributed by atoms with E-state index >= 15 is 0 Å². The minimum atomic E-state index is -0.223. The van der Waals surface area contributed by atoms with Gasteiger partial charge >= 0.3 is 0 Å². The number of unbranched alkanes of at least 4 members (excludes halogenated alkanes) is 1. The van der Waals surface area contributed by atoms with Gasteiger partial charge in [-0.3, -0.25) is 9.59 Å². The van der Waals surface area contributed by atoms with Gasteiger partial charge < -0.3 is 20.7 Å². The lowest BCUT2D eigenvalue weighted by atomic mass is 10.1. The zero-order valence-electron chi connectivity index (χ0n) is 15.3. The number of carbonyl (C=O) groups excluding carboxylic acids is 2. The van der Waals surface area contributed by atoms with Gasteiger partial charge in [0.15, 0.2) is 0 Å². The number of nitrogens with one attached hydrogen (secondary N) is 3. The minimum Gasteiger partial charge on any atom is -0.494 e. The summed E-state index contributed by atoms with van der Waals surface area (Å²) >= 11 is 0. The van der Waals surface area contributed by atoms with E-state index in [1.54, 1.807) is 30.3 Å². The molecule has 0 radical (unpaired) electrons. The monoisotopic (exact) mass is 373 g/mol. The number of hydrogen-bond donors (Lipinski definition) is 3. The first-order valence-electron chi connectivity index (χ1n) is 8.75. The molecule has 0 saturated carbocycles. The van der Waals surface area contributed by atoms with Crippen molar-refractivity contribution in [1.29, 1.82) is 0 Å². The van der Waals surface area contributed by atoms with Crippen LogP contribution in [0.4, 0.5) is 15.8 Å². The van der Waals surface area contributed by atoms with Crippen molar-refractivity contribution in [3.63, 3.8) is 0 Å². The summed E-state index contributed by atoms with van der Waals surface area (Å²) in [4.78, 5) is 22.5. The van der Waals surface area contributed by atoms with Crippen LogP contribution < -0.4 is 20.7 Å². The first-order valence-corrected chi connectivity index (χ1v) is 8.75. The van der Waals surface area contributed by atoms with Crippen LogP contribution in [0, 0.1) is 5.82 Å². The number of carbonyl (C=O) groups is 2. The maximum atomic E-state index is 12.8. The Bertz CT molecular complexity index is 751. The van der Waals surface area contributed by atoms with Crippen molar-refractivity contribution >= 4 is 23.7 Å². The Morgan fingerprint density at radius 1 is 1.15 bits per heavy atom. The molecule has 0 aliphatic heterocycles. The van der Waals surface area contributed by atoms with Crippen LogP contribution >= 0.6 is 0 Å². The molecule has 0 aliphatic carbocycles. The second-order valence-electron chi connectivity index (χ2n) is 5.99. The summed E-state index contributed by atoms with van der Waals surface area (Å²) in [7, 11) is 1.49. The van der Waals surface area contributed by atoms with E-state index in [-0.39, 0.29) is 18.3 Å². The van der Waals surface area contributed by atoms with Crippen LogP contribution in [-0.2, 0) is 16.0 Å². The van der Waals surface area contributed by atoms with Crippen LogP contribution in [0.15, 0.2) is 42.5 Å². The highest BCUT2D eigenvalue weighted by molar-refractivity contribution is 5.93. The molecule has 0 saturated heterocycles. The van der Waals surface area contributed by atoms with E-state index in [0.717, 1.165) is 31.4 Å². The minimum absolute atomic E-state index is 0.160. The largest absolute Gasteiger partial charge is 0.494 e. The van der Waals surface area contributed by atoms with Gasteiger partial charge in [0.1, 0.15) is 11.6 Å². The first-order chi connectivity index (χ1) is 13.1. The molecule has 0 heterocycles. The normalized spacial score (nSPS) is 10.3. The van der Waals surface area contributed by atoms with E-state index in [9.17, 15) is 14.0 Å². The van der Waals surface area contributed by atoms with Crippen LogP contribution in [0.3, 0.4) is 0 Å². The summed E-state index contributed by atoms with van der Waals surface area (Å²) < 4.78 is 18.0. The summed E-state index contributed by atoms with van der Waals surface area (Å²) in [6.45, 7) is 0.924. The fourth-order valence-electron chi connectivity index (χ4n) is 2.59. The van der Waals surface area contributed by atoms with E-state index in [4.69, 9.17) is 4.74 Å². The average Bonchev–Trinajstić information content (AvgIpc) is 2.67. The maximum Gasteiger partial charge on any atom is 0.238 e. The van der Waals surface area contributed by atoms with Gasteiger partial charge in [-0.05, 0) is 55.6 Å². The Hall–Kier alpha value is -2.93. The summed E-state index contributed by atoms with van der Waals surface area (Å²) in [6.07, 6.45) is 3.33. The standard InChI is InChI=1S/C20H24FN3O3/c1-27-19-12-17(9-10-18(19)23-14-25)24-20(26)13-22-11-3-2-4-15-5-7-16(21)8-6-15/h5-10,12,14,22H,2-4,11,13H2,1H3,(H,23,25)(H,24,26). The number of halogens is 1. The van der Waals surface area contributed by atoms with Crippen molar-refractivity contribution < 1.29 is 18.7 Å². The highest BCUT2D eigenvalue weighted by Gasteiger charge is 2.06. The number of hydrogen-bond acceptors (Lipinski definition) is 4. The van der Waals surface area contributed by atoms with Crippen molar-refractivity contribution in [1.82, 2.24) is 5.32 Å². The third-order valence-electron chi connectivity index (χ3n) is 3.97. The molecule has 0 atom stereocenters. The maximum absolute atomic E-state index is 12.8. The van der Waals surface area contributed by atoms with E-state index in [2.05, 4.69) is 16.0 Å². The molecule has 2 aromatic carbocycles. The second-order valence-corrected chi connectivity index (χ2v) is 5.99. The zero-order valence-corrected chi connectivity index (χ0v) is 15.3. The number of aryl methyl sites for hydroxylation is 1. The molecule has 27 heavy (non-hydrogen) atoms. The molecule has 0 aliphatic rings. The molecule has 2 aromatic rings. The average molecular weight is 373 g/mol. The van der Waals surface area contributed by atoms with Gasteiger partial charge in [-0.25, -0.2) is 4.39 Å². The molecule has 0 bridgehead atoms. The van der Waals surface area contributed by atoms with Gasteiger partial charge in [-0.1, -0.05) is 12.1 Å². The van der Waals surface area contributed by atoms with E-state index in [1.807, 2.05) is 0 Å². The molecule has 144 valence electrons. The SMILES string of the molecule is COc1cc(NC(=O)CNCCCCc2ccc(F)cc2)ccc1NC=O. The smallest absolute Gasteiger partial charge is 0.238 e. The van der Waals surface area contributed by atoms with Crippen molar-refractivity contribution in [2.75, 3.05) is 30.8 Å². The zero-order chi connectivity index (χ0) is 19.5. The number of anilines is 2. The Kier molecular flexibility index (Phi) is 8.25. The van der Waals surface area contributed by atoms with Gasteiger partial charge in [-0.15, -0.1) is 0 Å². The quantitative estimate of drug-likeness (QED) is 0.418. The molecular formula is C20H24FN3O3. The summed E-state index contributed by atoms with van der Waals surface area (Å²) in [6, 6.07) is 11.5. The van der Waals surface area contributed by atoms with Crippen molar-refractivity contribution in [3.8, 4) is 5.75 Å². The van der Waals surface area contributed by atoms with Gasteiger partial charge in [0.2, 0.25) is 12.3 Å². The molecule has 0 fully saturated rings. The lowest BCUT2D eigenvalue weighted by molar-refractivity contribution is -0.115. The van der Waals surface area contributed by atoms with Crippen LogP contribution in [0.25, 0.3) is 0 Å². The lowest BCUT2D eigenvalue weighted by Gasteiger charge is -2.11. The van der Waals surface area contributed by atoms with Crippen molar-refractivity contribution in [2.24, 2.45) is 0 Å². The van der Waals surface area contributed by atoms with Crippen LogP contribution in [0.2, 0.25) is 0 Å². The Balaban J connectivity index is 1.65. The molecule has 0 aromatic heterocycles. The predicted octanol–water partition coefficient (Wildman–Crippen LogP) is 2.95. The topological polar surface area (TPSA) is 79.5 Å². The van der Waals surface area contributed by atoms with Crippen LogP contribution in [0.5, 0.6) is 5.75 Å². The molecule has 3 N–H and O–H groups in total. The first kappa shape index (κ1) is 20.4. The van der Waals surface area contributed by atoms with Gasteiger partial charge in [-0.2, -0.15) is 0 Å². The summed E-state index contributed by atoms with van der Waals surface area (Å²) in [5, 5.41) is 8.40. The number of amides is 2. The van der Waals surface area contributed by atoms with Gasteiger partial charge in [0.25, 0.3) is 0 Å². The Morgan fingerprint density at radius 3 is 2.63 bits per heavy atom. The number of ether oxygens (including phenoxy) is 1. The molecule has 6 nitrogen and oxygen atoms in total. The molecule has 7 heteroatoms. The predicted molar refractivity (Wildman–Crippen MR) is 104 cm³/mol. The van der Waals surface area contributed by atoms with Gasteiger partial charge in [0.05, 0.1) is 19.3 Å². The molecular weight excluding hydrogens is 349 g/mol. The third kappa shape index (κ3) is 7.07. The third-order valence-corrected chi connectivity index (χ3v) is 3.97. The fourth-order valence-corrected chi connectivity index (χ4v) is 2.59. The Labute approximate surface area is 158 Å². The van der Waals surface area contributed by atoms with Crippen molar-refractivity contribution in [2.45, 2.75) is 19.3 Å². The molecule has 0 spiro atoms. The van der Waals surface area contributed by atoms with E-state index < -0.39 is 0 Å². The summed E-state index contributed by atoms with van der Waals surface area (Å²) in [5.74, 6) is 0.0824. The van der Waals surface area contributed by atoms with Crippen LogP contribution in [-0.4, -0.2) is 32.5 Å². The Morgan fingerprint density at radius 2 is 1.93 bits per heavy atom. The summed E-state index contributed by atoms with van der Waals surface area (Å²) in [5.41, 5.74) is 2.23. The highest BCUT2D eigenvalue weighted by atomic mass is 19.1. The lowest BCUT2D eigenvalue weighted by Crippen LogP contribution is -2.28. The van der Waals surface area contributed by atoms with Crippen molar-refractivity contribution in [3.05, 3.63) is 53.8 Å². The number of benzene rings is 2. The number of rotatable bonds is 11. The molecule has 2 rings (SSSR count).